The van der Waals surface area contributed by atoms with Crippen LogP contribution in [0.1, 0.15) is 25.3 Å². The Bertz CT molecular complexity index is 494. The van der Waals surface area contributed by atoms with Crippen LogP contribution in [0.15, 0.2) is 24.3 Å². The first-order valence-corrected chi connectivity index (χ1v) is 6.87. The van der Waals surface area contributed by atoms with Crippen molar-refractivity contribution in [1.82, 2.24) is 10.2 Å². The lowest BCUT2D eigenvalue weighted by molar-refractivity contribution is -0.141. The van der Waals surface area contributed by atoms with E-state index in [2.05, 4.69) is 5.32 Å². The van der Waals surface area contributed by atoms with E-state index in [1.54, 1.807) is 32.2 Å². The first-order chi connectivity index (χ1) is 9.91. The number of benzene rings is 1. The summed E-state index contributed by atoms with van der Waals surface area (Å²) in [6.45, 7) is 2.22. The highest BCUT2D eigenvalue weighted by molar-refractivity contribution is 5.73. The van der Waals surface area contributed by atoms with E-state index in [0.29, 0.717) is 24.9 Å². The number of hydrogen-bond donors (Lipinski definition) is 2. The molecule has 1 rings (SSSR count). The van der Waals surface area contributed by atoms with Crippen LogP contribution in [0, 0.1) is 11.7 Å². The van der Waals surface area contributed by atoms with Crippen molar-refractivity contribution in [3.05, 3.63) is 35.6 Å². The summed E-state index contributed by atoms with van der Waals surface area (Å²) in [4.78, 5) is 23.8. The van der Waals surface area contributed by atoms with Crippen LogP contribution in [0.3, 0.4) is 0 Å². The molecule has 116 valence electrons. The van der Waals surface area contributed by atoms with Gasteiger partial charge in [-0.15, -0.1) is 0 Å². The topological polar surface area (TPSA) is 69.6 Å². The fourth-order valence-corrected chi connectivity index (χ4v) is 1.82. The van der Waals surface area contributed by atoms with E-state index in [1.165, 1.54) is 11.0 Å². The molecule has 0 bridgehead atoms. The first-order valence-electron chi connectivity index (χ1n) is 6.87. The molecule has 2 N–H and O–H groups in total. The fraction of sp³-hybridized carbons (Fsp3) is 0.467. The molecule has 0 aliphatic heterocycles. The molecule has 0 spiro atoms. The van der Waals surface area contributed by atoms with E-state index in [1.807, 2.05) is 0 Å². The highest BCUT2D eigenvalue weighted by Crippen LogP contribution is 2.09. The molecule has 0 aromatic heterocycles. The van der Waals surface area contributed by atoms with E-state index in [0.717, 1.165) is 0 Å². The molecule has 5 nitrogen and oxygen atoms in total. The number of amides is 2. The number of carbonyl (C=O) groups is 2. The summed E-state index contributed by atoms with van der Waals surface area (Å²) < 4.78 is 13.5. The highest BCUT2D eigenvalue weighted by atomic mass is 19.1. The predicted octanol–water partition coefficient (Wildman–Crippen LogP) is 2.47. The van der Waals surface area contributed by atoms with Gasteiger partial charge in [0.05, 0.1) is 5.92 Å². The molecule has 0 fully saturated rings. The standard InChI is InChI=1S/C15H21FN2O3/c1-11(14(19)20)6-5-9-17-15(21)18(2)10-12-7-3-4-8-13(12)16/h3-4,7-8,11H,5-6,9-10H2,1-2H3,(H,17,21)(H,19,20). The maximum Gasteiger partial charge on any atom is 0.317 e. The second-order valence-electron chi connectivity index (χ2n) is 5.06. The number of urea groups is 1. The summed E-state index contributed by atoms with van der Waals surface area (Å²) in [6.07, 6.45) is 1.10. The molecule has 0 aliphatic carbocycles. The number of hydrogen-bond acceptors (Lipinski definition) is 2. The average molecular weight is 296 g/mol. The third kappa shape index (κ3) is 5.81. The quantitative estimate of drug-likeness (QED) is 0.759. The molecule has 1 aromatic carbocycles. The maximum atomic E-state index is 13.5. The predicted molar refractivity (Wildman–Crippen MR) is 77.3 cm³/mol. The summed E-state index contributed by atoms with van der Waals surface area (Å²) in [5.41, 5.74) is 0.453. The van der Waals surface area contributed by atoms with Gasteiger partial charge in [-0.1, -0.05) is 25.1 Å². The van der Waals surface area contributed by atoms with E-state index < -0.39 is 11.9 Å². The summed E-state index contributed by atoms with van der Waals surface area (Å²) in [6, 6.07) is 6.00. The summed E-state index contributed by atoms with van der Waals surface area (Å²) in [5, 5.41) is 11.4. The van der Waals surface area contributed by atoms with Crippen molar-refractivity contribution in [3.8, 4) is 0 Å². The van der Waals surface area contributed by atoms with Crippen LogP contribution in [0.4, 0.5) is 9.18 Å². The number of carboxylic acid groups (broad SMARTS) is 1. The van der Waals surface area contributed by atoms with E-state index >= 15 is 0 Å². The van der Waals surface area contributed by atoms with Crippen molar-refractivity contribution in [3.63, 3.8) is 0 Å². The second-order valence-corrected chi connectivity index (χ2v) is 5.06. The van der Waals surface area contributed by atoms with Crippen LogP contribution in [0.25, 0.3) is 0 Å². The Labute approximate surface area is 123 Å². The normalized spacial score (nSPS) is 11.8. The molecule has 2 amide bonds. The molecular weight excluding hydrogens is 275 g/mol. The maximum absolute atomic E-state index is 13.5. The SMILES string of the molecule is CC(CCCNC(=O)N(C)Cc1ccccc1F)C(=O)O. The van der Waals surface area contributed by atoms with Gasteiger partial charge >= 0.3 is 12.0 Å². The third-order valence-electron chi connectivity index (χ3n) is 3.22. The average Bonchev–Trinajstić information content (AvgIpc) is 2.45. The van der Waals surface area contributed by atoms with Gasteiger partial charge in [0.15, 0.2) is 0 Å². The van der Waals surface area contributed by atoms with Crippen LogP contribution in [-0.2, 0) is 11.3 Å². The van der Waals surface area contributed by atoms with Crippen molar-refractivity contribution >= 4 is 12.0 Å². The van der Waals surface area contributed by atoms with Gasteiger partial charge in [0.1, 0.15) is 5.82 Å². The molecule has 0 aliphatic rings. The fourth-order valence-electron chi connectivity index (χ4n) is 1.82. The Morgan fingerprint density at radius 3 is 2.67 bits per heavy atom. The number of nitrogens with one attached hydrogen (secondary N) is 1. The van der Waals surface area contributed by atoms with Gasteiger partial charge in [-0.3, -0.25) is 4.79 Å². The Balaban J connectivity index is 2.32. The van der Waals surface area contributed by atoms with Crippen LogP contribution >= 0.6 is 0 Å². The lowest BCUT2D eigenvalue weighted by Crippen LogP contribution is -2.37. The van der Waals surface area contributed by atoms with Gasteiger partial charge < -0.3 is 15.3 Å². The van der Waals surface area contributed by atoms with Gasteiger partial charge in [-0.25, -0.2) is 9.18 Å². The number of carboxylic acids is 1. The number of halogens is 1. The Morgan fingerprint density at radius 2 is 2.05 bits per heavy atom. The van der Waals surface area contributed by atoms with Crippen molar-refractivity contribution in [2.24, 2.45) is 5.92 Å². The minimum Gasteiger partial charge on any atom is -0.481 e. The molecule has 1 aromatic rings. The molecule has 0 saturated carbocycles. The molecule has 6 heteroatoms. The van der Waals surface area contributed by atoms with Crippen LogP contribution in [0.5, 0.6) is 0 Å². The smallest absolute Gasteiger partial charge is 0.317 e. The van der Waals surface area contributed by atoms with Gasteiger partial charge in [0.2, 0.25) is 0 Å². The monoisotopic (exact) mass is 296 g/mol. The van der Waals surface area contributed by atoms with Gasteiger partial charge in [-0.05, 0) is 18.9 Å². The van der Waals surface area contributed by atoms with Crippen molar-refractivity contribution < 1.29 is 19.1 Å². The number of nitrogens with zero attached hydrogens (tertiary/aromatic N) is 1. The largest absolute Gasteiger partial charge is 0.481 e. The van der Waals surface area contributed by atoms with Crippen LogP contribution in [0.2, 0.25) is 0 Å². The molecule has 1 atom stereocenters. The van der Waals surface area contributed by atoms with Crippen molar-refractivity contribution in [1.29, 1.82) is 0 Å². The third-order valence-corrected chi connectivity index (χ3v) is 3.22. The molecular formula is C15H21FN2O3. The number of carbonyl (C=O) groups excluding carboxylic acids is 1. The molecule has 21 heavy (non-hydrogen) atoms. The summed E-state index contributed by atoms with van der Waals surface area (Å²) >= 11 is 0. The first kappa shape index (κ1) is 16.9. The van der Waals surface area contributed by atoms with Gasteiger partial charge in [-0.2, -0.15) is 0 Å². The van der Waals surface area contributed by atoms with E-state index in [4.69, 9.17) is 5.11 Å². The lowest BCUT2D eigenvalue weighted by atomic mass is 10.1. The minimum absolute atomic E-state index is 0.185. The Kier molecular flexibility index (Phi) is 6.65. The van der Waals surface area contributed by atoms with E-state index in [-0.39, 0.29) is 18.4 Å². The van der Waals surface area contributed by atoms with Gasteiger partial charge in [0.25, 0.3) is 0 Å². The molecule has 0 saturated heterocycles. The summed E-state index contributed by atoms with van der Waals surface area (Å²) in [7, 11) is 1.58. The highest BCUT2D eigenvalue weighted by Gasteiger charge is 2.12. The van der Waals surface area contributed by atoms with Crippen molar-refractivity contribution in [2.45, 2.75) is 26.3 Å². The van der Waals surface area contributed by atoms with Gasteiger partial charge in [0, 0.05) is 25.7 Å². The summed E-state index contributed by atoms with van der Waals surface area (Å²) in [5.74, 6) is -1.59. The van der Waals surface area contributed by atoms with Crippen LogP contribution < -0.4 is 5.32 Å². The van der Waals surface area contributed by atoms with Crippen LogP contribution in [-0.4, -0.2) is 35.6 Å². The Hall–Kier alpha value is -2.11. The molecule has 0 radical (unpaired) electrons. The number of aliphatic carboxylic acids is 1. The molecule has 1 unspecified atom stereocenters. The number of rotatable bonds is 7. The minimum atomic E-state index is -0.835. The second kappa shape index (κ2) is 8.24. The zero-order valence-electron chi connectivity index (χ0n) is 12.3. The van der Waals surface area contributed by atoms with Crippen molar-refractivity contribution in [2.75, 3.05) is 13.6 Å². The zero-order valence-corrected chi connectivity index (χ0v) is 12.3. The Morgan fingerprint density at radius 1 is 1.38 bits per heavy atom. The molecule has 0 heterocycles. The lowest BCUT2D eigenvalue weighted by Gasteiger charge is -2.18. The zero-order chi connectivity index (χ0) is 15.8. The van der Waals surface area contributed by atoms with E-state index in [9.17, 15) is 14.0 Å².